The molecule has 42 nitrogen and oxygen atoms in total. The lowest BCUT2D eigenvalue weighted by Gasteiger charge is -2.34. The van der Waals surface area contributed by atoms with E-state index in [-0.39, 0.29) is 82.0 Å². The van der Waals surface area contributed by atoms with Crippen LogP contribution in [0.15, 0.2) is 91.1 Å². The van der Waals surface area contributed by atoms with Crippen LogP contribution in [0, 0.1) is 17.8 Å². The van der Waals surface area contributed by atoms with Gasteiger partial charge in [0.15, 0.2) is 0 Å². The van der Waals surface area contributed by atoms with Gasteiger partial charge in [-0.05, 0) is 192 Å². The second-order valence-corrected chi connectivity index (χ2v) is 37.5. The molecular weight excluding hydrogens is 1820 g/mol. The number of H-pyrrole nitrogens is 1. The van der Waals surface area contributed by atoms with E-state index in [0.717, 1.165) is 0 Å². The van der Waals surface area contributed by atoms with Crippen LogP contribution < -0.4 is 91.8 Å². The molecule has 0 fully saturated rings. The molecule has 3 unspecified atom stereocenters. The fourth-order valence-corrected chi connectivity index (χ4v) is 15.6. The van der Waals surface area contributed by atoms with Crippen molar-refractivity contribution in [3.63, 3.8) is 0 Å². The Kier molecular flexibility index (Phi) is 47.8. The molecule has 4 aromatic rings. The number of nitrogens with one attached hydrogen (secondary N) is 16. The number of primary amides is 2. The van der Waals surface area contributed by atoms with E-state index < -0.39 is 251 Å². The zero-order valence-electron chi connectivity index (χ0n) is 81.6. The third kappa shape index (κ3) is 38.8. The molecule has 23 N–H and O–H groups in total. The van der Waals surface area contributed by atoms with Crippen molar-refractivity contribution in [1.82, 2.24) is 90.3 Å². The monoisotopic (exact) mass is 1960 g/mol. The predicted molar refractivity (Wildman–Crippen MR) is 514 cm³/mol. The number of hydrogen-bond acceptors (Lipinski definition) is 29. The summed E-state index contributed by atoms with van der Waals surface area (Å²) in [6.07, 6.45) is 2.75. The van der Waals surface area contributed by atoms with E-state index in [1.807, 2.05) is 12.2 Å². The van der Waals surface area contributed by atoms with Gasteiger partial charge in [-0.1, -0.05) is 119 Å². The van der Waals surface area contributed by atoms with Crippen molar-refractivity contribution in [2.24, 2.45) is 29.2 Å². The van der Waals surface area contributed by atoms with Gasteiger partial charge in [-0.2, -0.15) is 0 Å². The van der Waals surface area contributed by atoms with Crippen LogP contribution in [0.5, 0.6) is 5.75 Å². The largest absolute Gasteiger partial charge is 0.508 e. The number of aromatic hydroxyl groups is 1. The highest BCUT2D eigenvalue weighted by molar-refractivity contribution is 6.43. The van der Waals surface area contributed by atoms with Crippen LogP contribution in [-0.2, 0) is 115 Å². The van der Waals surface area contributed by atoms with Gasteiger partial charge in [-0.3, -0.25) is 95.9 Å². The normalized spacial score (nSPS) is 21.9. The van der Waals surface area contributed by atoms with Gasteiger partial charge in [0.1, 0.15) is 53.1 Å². The zero-order valence-corrected chi connectivity index (χ0v) is 82.4. The first-order valence-corrected chi connectivity index (χ1v) is 47.1. The van der Waals surface area contributed by atoms with Crippen LogP contribution in [-0.4, -0.2) is 258 Å². The van der Waals surface area contributed by atoms with E-state index in [0.29, 0.717) is 64.7 Å². The number of phenols is 1. The van der Waals surface area contributed by atoms with Crippen LogP contribution in [0.3, 0.4) is 0 Å². The number of ketones is 8. The molecule has 0 bridgehead atoms. The lowest BCUT2D eigenvalue weighted by molar-refractivity contribution is -0.143. The van der Waals surface area contributed by atoms with Crippen molar-refractivity contribution < 1.29 is 111 Å². The fraction of sp³-hybridized carbons (Fsp3) is 0.562. The number of nitrogens with two attached hydrogens (primary N) is 2. The fourth-order valence-electron chi connectivity index (χ4n) is 15.5. The number of aliphatic carboxylic acids is 1. The summed E-state index contributed by atoms with van der Waals surface area (Å²) >= 11 is 6.39. The standard InChI is InChI=1S/C96H140ClN19O23/c1-51(2)42-64-49-100-68(36-38-75(98)120)82(127)80(125)54(6)103-92(137)74(46-63-48-101-70-47-65(97)32-35-67(63)70)112-111-71(45-62-30-33-66(119)34-31-62)84(129)83(128)69(37-39-77(122)123)108-94(139)96(14,115-113-72(44-61-28-24-23-25-29-61)85(130)86(131)78(59(11)117)109-91(136)73(43-52(3)4)107-60(12)118)41-27-22-20-18-16-17-19-21-26-40-95(13,110-90(64)135)93(138)106-58(10)89(134)105-57(9)88(133)104-56(8)87(132)102-53(5)79(124)81(126)55(7)114-116(15)50-76(99)121/h17,19,23-25,28-35,47-48,51-59,64,68-69,71-74,78,100-101,111-115,117,119H,16,18,20-22,26-27,36-46,49-50H2,1-15H3,(H2,98,120)(H2,99,121)(H,102,132)(H,103,137)(H,104,133)(H,105,134)(H,106,138)(H,107,118)(H,108,139)(H,109,136)(H,110,135)(H,122,123)/b19-17+/t53-,54?,55-,56?,57-,58?,59+,64+,68-,69-,71-,72-,73-,74-,78-,95-,96+/m0/s1. The molecule has 139 heavy (non-hydrogen) atoms. The minimum absolute atomic E-state index is 0.0823. The number of rotatable bonds is 41. The number of nitrogens with zero attached hydrogens (tertiary/aromatic N) is 1. The van der Waals surface area contributed by atoms with E-state index in [4.69, 9.17) is 23.1 Å². The van der Waals surface area contributed by atoms with Gasteiger partial charge < -0.3 is 84.9 Å². The van der Waals surface area contributed by atoms with Crippen molar-refractivity contribution >= 4 is 140 Å². The summed E-state index contributed by atoms with van der Waals surface area (Å²) in [4.78, 5) is 283. The van der Waals surface area contributed by atoms with Gasteiger partial charge in [0.25, 0.3) is 0 Å². The number of aromatic amines is 1. The smallest absolute Gasteiger partial charge is 0.303 e. The first-order chi connectivity index (χ1) is 65.2. The molecule has 43 heteroatoms. The van der Waals surface area contributed by atoms with Crippen molar-refractivity contribution in [2.75, 3.05) is 20.1 Å². The molecule has 1 aliphatic heterocycles. The van der Waals surface area contributed by atoms with E-state index >= 15 is 24.0 Å². The van der Waals surface area contributed by atoms with E-state index in [1.54, 1.807) is 82.4 Å². The predicted octanol–water partition coefficient (Wildman–Crippen LogP) is 0.602. The van der Waals surface area contributed by atoms with Crippen LogP contribution in [0.2, 0.25) is 5.02 Å². The molecule has 0 radical (unpaired) electrons. The molecule has 0 saturated heterocycles. The number of halogens is 1. The number of allylic oxidation sites excluding steroid dienone is 2. The third-order valence-electron chi connectivity index (χ3n) is 23.5. The number of carbonyl (C=O) groups excluding carboxylic acids is 19. The molecule has 11 amide bonds. The number of carboxylic acid groups (broad SMARTS) is 1. The van der Waals surface area contributed by atoms with Gasteiger partial charge in [0, 0.05) is 61.9 Å². The second kappa shape index (κ2) is 56.7. The van der Waals surface area contributed by atoms with Crippen molar-refractivity contribution in [1.29, 1.82) is 0 Å². The maximum Gasteiger partial charge on any atom is 0.303 e. The Balaban J connectivity index is 1.59. The number of aliphatic hydroxyl groups excluding tert-OH is 1. The minimum atomic E-state index is -1.99. The molecule has 1 aromatic heterocycles. The number of fused-ring (bicyclic) bond motifs is 1. The number of likely N-dealkylation sites (N-methyl/N-ethyl adjacent to an activating group) is 1. The number of benzene rings is 3. The number of aromatic nitrogens is 1. The van der Waals surface area contributed by atoms with E-state index in [1.165, 1.54) is 106 Å². The Bertz CT molecular complexity index is 5030. The van der Waals surface area contributed by atoms with Gasteiger partial charge >= 0.3 is 5.97 Å². The summed E-state index contributed by atoms with van der Waals surface area (Å²) in [5.41, 5.74) is 22.8. The van der Waals surface area contributed by atoms with Crippen LogP contribution in [0.4, 0.5) is 0 Å². The van der Waals surface area contributed by atoms with Gasteiger partial charge in [0.2, 0.25) is 111 Å². The molecule has 0 saturated carbocycles. The average Bonchev–Trinajstić information content (AvgIpc) is 1.50. The van der Waals surface area contributed by atoms with Crippen molar-refractivity contribution in [3.05, 3.63) is 113 Å². The topological polar surface area (TPSA) is 654 Å². The Labute approximate surface area is 813 Å². The molecule has 3 aromatic carbocycles. The lowest BCUT2D eigenvalue weighted by Crippen LogP contribution is -2.66. The van der Waals surface area contributed by atoms with Gasteiger partial charge in [-0.25, -0.2) is 32.1 Å². The summed E-state index contributed by atoms with van der Waals surface area (Å²) in [7, 11) is 1.42. The number of hydrazine groups is 3. The van der Waals surface area contributed by atoms with Crippen molar-refractivity contribution in [3.8, 4) is 5.75 Å². The number of carbonyl (C=O) groups is 20. The van der Waals surface area contributed by atoms with Gasteiger partial charge in [0.05, 0.1) is 60.9 Å². The number of Topliss-reactive ketones (excluding diaryl/α,β-unsaturated/α-hetero) is 8. The Hall–Kier alpha value is -12.3. The van der Waals surface area contributed by atoms with E-state index in [2.05, 4.69) is 85.3 Å². The summed E-state index contributed by atoms with van der Waals surface area (Å²) in [6, 6.07) is -1.36. The quantitative estimate of drug-likeness (QED) is 0.0164. The second-order valence-electron chi connectivity index (χ2n) is 37.0. The highest BCUT2D eigenvalue weighted by Crippen LogP contribution is 2.27. The Morgan fingerprint density at radius 2 is 1.14 bits per heavy atom. The zero-order chi connectivity index (χ0) is 104. The SMILES string of the molecule is CC(=O)N[C@@H](CC(C)C)C(=O)N[C@H](C(=O)C(=O)[C@H](Cc1ccccc1)NN[C@]1(C)CCCCCC/C=C/CCC[C@@](C)(C(=O)NC(C)C(=O)N[C@@H](C)C(=O)NC(C)C(=O)N[C@@H](C)C(=O)C(=O)[C@H](C)NN(C)CC(N)=O)NC(=O)[C@H](CC(C)C)CN[C@@H](CCC(N)=O)C(=O)C(=O)C(C)NC(=O)[C@H](Cc2c[nH]c3cc(Cl)ccc23)NN[C@@H](Cc2ccc(O)cc2)C(=O)C(=O)[C@H](CCC(=O)O)NC1=O)[C@@H](C)O. The van der Waals surface area contributed by atoms with E-state index in [9.17, 15) is 87.2 Å². The molecule has 2 heterocycles. The average molecular weight is 1960 g/mol. The molecule has 5 rings (SSSR count). The first-order valence-electron chi connectivity index (χ1n) is 46.7. The molecule has 764 valence electrons. The first kappa shape index (κ1) is 117. The highest BCUT2D eigenvalue weighted by Gasteiger charge is 2.45. The Morgan fingerprint density at radius 1 is 0.568 bits per heavy atom. The number of hydrogen-bond donors (Lipinski definition) is 21. The Morgan fingerprint density at radius 3 is 1.73 bits per heavy atom. The molecule has 0 spiro atoms. The molecule has 1 aliphatic rings. The molecule has 17 atom stereocenters. The van der Waals surface area contributed by atoms with Crippen LogP contribution in [0.25, 0.3) is 10.9 Å². The summed E-state index contributed by atoms with van der Waals surface area (Å²) in [5.74, 6) is -22.1. The number of carboxylic acids is 1. The number of amides is 11. The van der Waals surface area contributed by atoms with Gasteiger partial charge in [-0.15, -0.1) is 0 Å². The third-order valence-corrected chi connectivity index (χ3v) is 23.8. The van der Waals surface area contributed by atoms with Crippen LogP contribution >= 0.6 is 11.6 Å². The minimum Gasteiger partial charge on any atom is -0.508 e. The van der Waals surface area contributed by atoms with Crippen molar-refractivity contribution in [2.45, 2.75) is 308 Å². The lowest BCUT2D eigenvalue weighted by atomic mass is 9.89. The number of aliphatic hydroxyl groups is 1. The summed E-state index contributed by atoms with van der Waals surface area (Å²) in [6.45, 7) is 19.3. The number of phenolic OH excluding ortho intramolecular Hbond substituents is 1. The maximum atomic E-state index is 15.6. The summed E-state index contributed by atoms with van der Waals surface area (Å²) < 4.78 is 0. The van der Waals surface area contributed by atoms with Crippen LogP contribution in [0.1, 0.15) is 210 Å². The molecular formula is C96H140ClN19O23. The highest BCUT2D eigenvalue weighted by atomic mass is 35.5. The summed E-state index contributed by atoms with van der Waals surface area (Å²) in [5, 5.41) is 59.8. The maximum absolute atomic E-state index is 15.6. The molecule has 0 aliphatic carbocycles.